The van der Waals surface area contributed by atoms with Crippen LogP contribution in [0, 0.1) is 0 Å². The van der Waals surface area contributed by atoms with Crippen molar-refractivity contribution >= 4 is 17.9 Å². The van der Waals surface area contributed by atoms with Gasteiger partial charge in [-0.15, -0.1) is 0 Å². The average molecular weight is 1040 g/mol. The molecule has 0 spiro atoms. The zero-order valence-corrected chi connectivity index (χ0v) is 49.9. The van der Waals surface area contributed by atoms with E-state index in [4.69, 9.17) is 14.2 Å². The van der Waals surface area contributed by atoms with Crippen LogP contribution in [0.4, 0.5) is 0 Å². The van der Waals surface area contributed by atoms with Crippen LogP contribution >= 0.6 is 0 Å². The van der Waals surface area contributed by atoms with E-state index >= 15 is 0 Å². The van der Waals surface area contributed by atoms with Crippen molar-refractivity contribution in [2.24, 2.45) is 0 Å². The van der Waals surface area contributed by atoms with Crippen LogP contribution in [0.5, 0.6) is 0 Å². The Kier molecular flexibility index (Phi) is 61.1. The van der Waals surface area contributed by atoms with Crippen LogP contribution in [-0.4, -0.2) is 37.2 Å². The standard InChI is InChI=1S/C68H126O6/c1-4-7-10-13-16-19-21-23-25-26-27-28-29-30-31-32-33-34-35-36-37-38-39-40-41-42-43-45-46-49-52-55-58-61-67(70)73-64-65(63-72-66(69)60-57-54-51-48-18-15-12-9-6-3)74-68(71)62-59-56-53-50-47-44-24-22-20-17-14-11-8-5-2/h21-24,26-27,65H,4-20,25,28-64H2,1-3H3/b23-21-,24-22-,27-26-. The molecule has 6 nitrogen and oxygen atoms in total. The fourth-order valence-electron chi connectivity index (χ4n) is 9.88. The minimum atomic E-state index is -0.771. The molecule has 0 rings (SSSR count). The monoisotopic (exact) mass is 1040 g/mol. The summed E-state index contributed by atoms with van der Waals surface area (Å²) in [7, 11) is 0. The van der Waals surface area contributed by atoms with Crippen LogP contribution < -0.4 is 0 Å². The molecule has 6 heteroatoms. The van der Waals surface area contributed by atoms with Crippen LogP contribution in [0.3, 0.4) is 0 Å². The Morgan fingerprint density at radius 3 is 0.757 bits per heavy atom. The minimum absolute atomic E-state index is 0.0701. The highest BCUT2D eigenvalue weighted by atomic mass is 16.6. The molecule has 434 valence electrons. The molecule has 0 aromatic carbocycles. The Labute approximate surface area is 461 Å². The van der Waals surface area contributed by atoms with Crippen molar-refractivity contribution in [2.75, 3.05) is 13.2 Å². The van der Waals surface area contributed by atoms with E-state index in [2.05, 4.69) is 57.2 Å². The van der Waals surface area contributed by atoms with Gasteiger partial charge < -0.3 is 14.2 Å². The molecule has 0 heterocycles. The molecule has 0 aliphatic heterocycles. The Hall–Kier alpha value is -2.37. The predicted molar refractivity (Wildman–Crippen MR) is 321 cm³/mol. The van der Waals surface area contributed by atoms with Crippen molar-refractivity contribution in [3.8, 4) is 0 Å². The third kappa shape index (κ3) is 60.5. The van der Waals surface area contributed by atoms with Gasteiger partial charge in [0.1, 0.15) is 13.2 Å². The molecule has 0 saturated carbocycles. The van der Waals surface area contributed by atoms with Crippen LogP contribution in [0.1, 0.15) is 361 Å². The SMILES string of the molecule is CCCCCCC/C=C\C/C=C\CCCCCCCCCCCCCCCCCCCCCCCC(=O)OCC(COC(=O)CCCCCCCCCCC)OC(=O)CCCCCCC/C=C\CCCCCCC. The molecule has 1 unspecified atom stereocenters. The van der Waals surface area contributed by atoms with E-state index in [0.29, 0.717) is 19.3 Å². The molecule has 0 aliphatic rings. The van der Waals surface area contributed by atoms with Gasteiger partial charge in [-0.05, 0) is 77.0 Å². The van der Waals surface area contributed by atoms with Crippen molar-refractivity contribution in [3.63, 3.8) is 0 Å². The molecule has 0 saturated heterocycles. The van der Waals surface area contributed by atoms with Gasteiger partial charge in [0.25, 0.3) is 0 Å². The first-order valence-electron chi connectivity index (χ1n) is 33.0. The Balaban J connectivity index is 3.99. The lowest BCUT2D eigenvalue weighted by Crippen LogP contribution is -2.30. The highest BCUT2D eigenvalue weighted by Crippen LogP contribution is 2.18. The number of hydrogen-bond donors (Lipinski definition) is 0. The summed E-state index contributed by atoms with van der Waals surface area (Å²) in [4.78, 5) is 38.1. The largest absolute Gasteiger partial charge is 0.462 e. The Morgan fingerprint density at radius 2 is 0.486 bits per heavy atom. The fourth-order valence-corrected chi connectivity index (χ4v) is 9.88. The second-order valence-electron chi connectivity index (χ2n) is 22.4. The Morgan fingerprint density at radius 1 is 0.270 bits per heavy atom. The first kappa shape index (κ1) is 71.6. The first-order valence-corrected chi connectivity index (χ1v) is 33.0. The van der Waals surface area contributed by atoms with Crippen LogP contribution in [-0.2, 0) is 28.6 Å². The summed E-state index contributed by atoms with van der Waals surface area (Å²) in [6, 6.07) is 0. The first-order chi connectivity index (χ1) is 36.5. The van der Waals surface area contributed by atoms with Gasteiger partial charge in [0, 0.05) is 19.3 Å². The van der Waals surface area contributed by atoms with Crippen molar-refractivity contribution in [1.82, 2.24) is 0 Å². The molecule has 1 atom stereocenters. The molecular formula is C68H126O6. The summed E-state index contributed by atoms with van der Waals surface area (Å²) in [6.45, 7) is 6.64. The van der Waals surface area contributed by atoms with Crippen molar-refractivity contribution in [3.05, 3.63) is 36.5 Å². The summed E-state index contributed by atoms with van der Waals surface area (Å²) < 4.78 is 16.9. The highest BCUT2D eigenvalue weighted by molar-refractivity contribution is 5.71. The molecule has 0 aromatic rings. The number of rotatable bonds is 61. The van der Waals surface area contributed by atoms with Gasteiger partial charge in [0.2, 0.25) is 0 Å². The number of unbranched alkanes of at least 4 members (excludes halogenated alkanes) is 44. The van der Waals surface area contributed by atoms with Crippen molar-refractivity contribution in [2.45, 2.75) is 367 Å². The Bertz CT molecular complexity index is 1240. The van der Waals surface area contributed by atoms with Crippen molar-refractivity contribution in [1.29, 1.82) is 0 Å². The maximum absolute atomic E-state index is 12.8. The molecule has 74 heavy (non-hydrogen) atoms. The van der Waals surface area contributed by atoms with E-state index < -0.39 is 6.10 Å². The molecule has 0 N–H and O–H groups in total. The van der Waals surface area contributed by atoms with Gasteiger partial charge in [0.15, 0.2) is 6.10 Å². The predicted octanol–water partition coefficient (Wildman–Crippen LogP) is 22.4. The molecule has 0 radical (unpaired) electrons. The van der Waals surface area contributed by atoms with Gasteiger partial charge >= 0.3 is 17.9 Å². The van der Waals surface area contributed by atoms with Crippen molar-refractivity contribution < 1.29 is 28.6 Å². The van der Waals surface area contributed by atoms with E-state index in [1.807, 2.05) is 0 Å². The summed E-state index contributed by atoms with van der Waals surface area (Å²) in [5.41, 5.74) is 0. The van der Waals surface area contributed by atoms with Gasteiger partial charge in [0.05, 0.1) is 0 Å². The lowest BCUT2D eigenvalue weighted by Gasteiger charge is -2.18. The fraction of sp³-hybridized carbons (Fsp3) is 0.868. The van der Waals surface area contributed by atoms with E-state index in [1.165, 1.54) is 250 Å². The maximum Gasteiger partial charge on any atom is 0.306 e. The average Bonchev–Trinajstić information content (AvgIpc) is 3.40. The molecule has 0 aliphatic carbocycles. The van der Waals surface area contributed by atoms with E-state index in [0.717, 1.165) is 70.6 Å². The number of carbonyl (C=O) groups is 3. The second-order valence-corrected chi connectivity index (χ2v) is 22.4. The lowest BCUT2D eigenvalue weighted by atomic mass is 10.0. The normalized spacial score (nSPS) is 12.2. The number of esters is 3. The third-order valence-corrected chi connectivity index (χ3v) is 14.9. The summed E-state index contributed by atoms with van der Waals surface area (Å²) in [5.74, 6) is -0.861. The number of hydrogen-bond acceptors (Lipinski definition) is 6. The summed E-state index contributed by atoms with van der Waals surface area (Å²) in [6.07, 6.45) is 77.6. The van der Waals surface area contributed by atoms with Gasteiger partial charge in [-0.3, -0.25) is 14.4 Å². The lowest BCUT2D eigenvalue weighted by molar-refractivity contribution is -0.167. The third-order valence-electron chi connectivity index (χ3n) is 14.9. The van der Waals surface area contributed by atoms with E-state index in [1.54, 1.807) is 0 Å². The molecule has 0 aromatic heterocycles. The molecule has 0 fully saturated rings. The van der Waals surface area contributed by atoms with Gasteiger partial charge in [-0.1, -0.05) is 301 Å². The van der Waals surface area contributed by atoms with Gasteiger partial charge in [-0.2, -0.15) is 0 Å². The van der Waals surface area contributed by atoms with Gasteiger partial charge in [-0.25, -0.2) is 0 Å². The zero-order chi connectivity index (χ0) is 53.6. The van der Waals surface area contributed by atoms with E-state index in [9.17, 15) is 14.4 Å². The quantitative estimate of drug-likeness (QED) is 0.0261. The number of allylic oxidation sites excluding steroid dienone is 6. The highest BCUT2D eigenvalue weighted by Gasteiger charge is 2.19. The van der Waals surface area contributed by atoms with Crippen LogP contribution in [0.2, 0.25) is 0 Å². The minimum Gasteiger partial charge on any atom is -0.462 e. The molecule has 0 bridgehead atoms. The number of ether oxygens (including phenoxy) is 3. The van der Waals surface area contributed by atoms with E-state index in [-0.39, 0.29) is 31.1 Å². The summed E-state index contributed by atoms with van der Waals surface area (Å²) in [5, 5.41) is 0. The smallest absolute Gasteiger partial charge is 0.306 e. The zero-order valence-electron chi connectivity index (χ0n) is 49.9. The molecule has 0 amide bonds. The molecular weight excluding hydrogens is 913 g/mol. The number of carbonyl (C=O) groups excluding carboxylic acids is 3. The second kappa shape index (κ2) is 63.2. The summed E-state index contributed by atoms with van der Waals surface area (Å²) >= 11 is 0. The van der Waals surface area contributed by atoms with Crippen LogP contribution in [0.15, 0.2) is 36.5 Å². The van der Waals surface area contributed by atoms with Crippen LogP contribution in [0.25, 0.3) is 0 Å². The topological polar surface area (TPSA) is 78.9 Å². The maximum atomic E-state index is 12.8.